The van der Waals surface area contributed by atoms with Gasteiger partial charge in [-0.25, -0.2) is 19.3 Å². The smallest absolute Gasteiger partial charge is 0.437 e. The summed E-state index contributed by atoms with van der Waals surface area (Å²) in [6, 6.07) is 3.92. The average Bonchev–Trinajstić information content (AvgIpc) is 3.25. The molecule has 0 aliphatic heterocycles. The van der Waals surface area contributed by atoms with Gasteiger partial charge in [-0.1, -0.05) is 13.8 Å². The average molecular weight is 366 g/mol. The summed E-state index contributed by atoms with van der Waals surface area (Å²) < 4.78 is 11.5. The number of aromatic nitrogens is 5. The minimum atomic E-state index is -0.780. The van der Waals surface area contributed by atoms with Crippen LogP contribution in [0.25, 0.3) is 16.6 Å². The van der Waals surface area contributed by atoms with Gasteiger partial charge in [-0.2, -0.15) is 5.10 Å². The zero-order valence-corrected chi connectivity index (χ0v) is 15.1. The first-order valence-electron chi connectivity index (χ1n) is 8.39. The molecule has 138 valence electrons. The summed E-state index contributed by atoms with van der Waals surface area (Å²) in [7, 11) is 1.27. The van der Waals surface area contributed by atoms with Crippen molar-refractivity contribution < 1.29 is 14.3 Å². The van der Waals surface area contributed by atoms with E-state index in [2.05, 4.69) is 30.1 Å². The van der Waals surface area contributed by atoms with E-state index in [4.69, 9.17) is 4.74 Å². The van der Waals surface area contributed by atoms with Crippen molar-refractivity contribution in [2.24, 2.45) is 0 Å². The van der Waals surface area contributed by atoms with Crippen LogP contribution in [0.4, 0.5) is 16.3 Å². The lowest BCUT2D eigenvalue weighted by atomic mass is 10.0. The summed E-state index contributed by atoms with van der Waals surface area (Å²) in [5.74, 6) is 1.04. The number of hydrogen-bond acceptors (Lipinski definition) is 7. The van der Waals surface area contributed by atoms with Crippen molar-refractivity contribution >= 4 is 34.2 Å². The van der Waals surface area contributed by atoms with E-state index in [-0.39, 0.29) is 5.92 Å². The molecule has 0 unspecified atom stereocenters. The molecule has 4 rings (SSSR count). The number of pyridine rings is 1. The van der Waals surface area contributed by atoms with E-state index >= 15 is 0 Å². The summed E-state index contributed by atoms with van der Waals surface area (Å²) in [5.41, 5.74) is 3.13. The number of hydrogen-bond donors (Lipinski definition) is 2. The van der Waals surface area contributed by atoms with Gasteiger partial charge in [-0.15, -0.1) is 0 Å². The minimum absolute atomic E-state index is 0.0616. The highest BCUT2D eigenvalue weighted by Crippen LogP contribution is 2.36. The highest BCUT2D eigenvalue weighted by Gasteiger charge is 2.22. The Morgan fingerprint density at radius 3 is 2.96 bits per heavy atom. The Labute approximate surface area is 154 Å². The van der Waals surface area contributed by atoms with Gasteiger partial charge >= 0.3 is 6.16 Å². The van der Waals surface area contributed by atoms with Crippen molar-refractivity contribution in [1.29, 1.82) is 0 Å². The molecule has 0 radical (unpaired) electrons. The van der Waals surface area contributed by atoms with Crippen molar-refractivity contribution in [3.05, 3.63) is 42.6 Å². The third-order valence-electron chi connectivity index (χ3n) is 4.18. The highest BCUT2D eigenvalue weighted by atomic mass is 16.7. The molecule has 0 fully saturated rings. The van der Waals surface area contributed by atoms with Gasteiger partial charge < -0.3 is 19.8 Å². The van der Waals surface area contributed by atoms with E-state index in [0.717, 1.165) is 27.8 Å². The molecule has 0 aliphatic carbocycles. The Bertz CT molecular complexity index is 1130. The third kappa shape index (κ3) is 3.03. The Morgan fingerprint density at radius 1 is 1.33 bits per heavy atom. The molecular weight excluding hydrogens is 348 g/mol. The van der Waals surface area contributed by atoms with E-state index in [9.17, 15) is 4.79 Å². The number of aromatic amines is 1. The molecule has 27 heavy (non-hydrogen) atoms. The molecule has 9 nitrogen and oxygen atoms in total. The van der Waals surface area contributed by atoms with Crippen molar-refractivity contribution in [1.82, 2.24) is 24.6 Å². The van der Waals surface area contributed by atoms with Gasteiger partial charge in [0, 0.05) is 17.1 Å². The Morgan fingerprint density at radius 2 is 2.19 bits per heavy atom. The third-order valence-corrected chi connectivity index (χ3v) is 4.18. The molecular formula is C18H18N6O3. The molecule has 4 heterocycles. The van der Waals surface area contributed by atoms with Crippen LogP contribution in [0.1, 0.15) is 25.3 Å². The van der Waals surface area contributed by atoms with Gasteiger partial charge in [0.05, 0.1) is 25.2 Å². The standard InChI is InChI=1S/C18H18N6O3/c1-10(2)14-13(27-18(25)26-3)8-24-15(14)17(21-9-22-24)23-12-6-11-4-5-19-16(11)20-7-12/h4-10H,1-3H3,(H,19,20)(H,21,22,23). The maximum Gasteiger partial charge on any atom is 0.513 e. The van der Waals surface area contributed by atoms with E-state index in [1.54, 1.807) is 16.9 Å². The zero-order chi connectivity index (χ0) is 19.0. The van der Waals surface area contributed by atoms with E-state index in [0.29, 0.717) is 11.6 Å². The molecule has 0 saturated heterocycles. The second-order valence-corrected chi connectivity index (χ2v) is 6.28. The van der Waals surface area contributed by atoms with Crippen molar-refractivity contribution in [3.8, 4) is 5.75 Å². The van der Waals surface area contributed by atoms with Crippen molar-refractivity contribution in [2.45, 2.75) is 19.8 Å². The molecule has 4 aromatic heterocycles. The lowest BCUT2D eigenvalue weighted by molar-refractivity contribution is 0.121. The summed E-state index contributed by atoms with van der Waals surface area (Å²) in [5, 5.41) is 8.50. The number of ether oxygens (including phenoxy) is 2. The fourth-order valence-corrected chi connectivity index (χ4v) is 3.02. The largest absolute Gasteiger partial charge is 0.513 e. The van der Waals surface area contributed by atoms with Gasteiger partial charge in [-0.05, 0) is 18.1 Å². The number of nitrogens with zero attached hydrogens (tertiary/aromatic N) is 4. The number of fused-ring (bicyclic) bond motifs is 2. The van der Waals surface area contributed by atoms with Crippen LogP contribution < -0.4 is 10.1 Å². The molecule has 4 aromatic rings. The van der Waals surface area contributed by atoms with Crippen LogP contribution in [0.3, 0.4) is 0 Å². The lowest BCUT2D eigenvalue weighted by Crippen LogP contribution is -2.08. The van der Waals surface area contributed by atoms with Crippen LogP contribution in [0.2, 0.25) is 0 Å². The second kappa shape index (κ2) is 6.60. The summed E-state index contributed by atoms with van der Waals surface area (Å²) in [6.45, 7) is 4.01. The number of H-pyrrole nitrogens is 1. The Balaban J connectivity index is 1.81. The Hall–Kier alpha value is -3.62. The molecule has 0 aromatic carbocycles. The highest BCUT2D eigenvalue weighted by molar-refractivity contribution is 5.84. The minimum Gasteiger partial charge on any atom is -0.437 e. The first kappa shape index (κ1) is 16.8. The van der Waals surface area contributed by atoms with Crippen LogP contribution in [0, 0.1) is 0 Å². The fraction of sp³-hybridized carbons (Fsp3) is 0.222. The number of rotatable bonds is 4. The summed E-state index contributed by atoms with van der Waals surface area (Å²) >= 11 is 0. The Kier molecular flexibility index (Phi) is 4.11. The van der Waals surface area contributed by atoms with Crippen LogP contribution in [-0.2, 0) is 4.74 Å². The van der Waals surface area contributed by atoms with E-state index in [1.165, 1.54) is 13.4 Å². The molecule has 0 bridgehead atoms. The summed E-state index contributed by atoms with van der Waals surface area (Å²) in [6.07, 6.45) is 5.86. The van der Waals surface area contributed by atoms with Gasteiger partial charge in [0.15, 0.2) is 11.6 Å². The van der Waals surface area contributed by atoms with Crippen molar-refractivity contribution in [2.75, 3.05) is 12.4 Å². The maximum atomic E-state index is 11.6. The molecule has 0 aliphatic rings. The topological polar surface area (TPSA) is 106 Å². The second-order valence-electron chi connectivity index (χ2n) is 6.28. The number of carbonyl (C=O) groups excluding carboxylic acids is 1. The molecule has 9 heteroatoms. The predicted molar refractivity (Wildman–Crippen MR) is 99.5 cm³/mol. The molecule has 2 N–H and O–H groups in total. The van der Waals surface area contributed by atoms with E-state index in [1.807, 2.05) is 32.2 Å². The quantitative estimate of drug-likeness (QED) is 0.531. The SMILES string of the molecule is COC(=O)Oc1cn2ncnc(Nc3cnc4[nH]ccc4c3)c2c1C(C)C. The van der Waals surface area contributed by atoms with Crippen LogP contribution >= 0.6 is 0 Å². The number of nitrogens with one attached hydrogen (secondary N) is 2. The van der Waals surface area contributed by atoms with Gasteiger partial charge in [0.1, 0.15) is 17.5 Å². The predicted octanol–water partition coefficient (Wildman–Crippen LogP) is 3.62. The zero-order valence-electron chi connectivity index (χ0n) is 15.1. The van der Waals surface area contributed by atoms with Gasteiger partial charge in [0.2, 0.25) is 0 Å². The first-order valence-corrected chi connectivity index (χ1v) is 8.39. The van der Waals surface area contributed by atoms with Gasteiger partial charge in [-0.3, -0.25) is 0 Å². The first-order chi connectivity index (χ1) is 13.1. The fourth-order valence-electron chi connectivity index (χ4n) is 3.02. The monoisotopic (exact) mass is 366 g/mol. The van der Waals surface area contributed by atoms with Crippen molar-refractivity contribution in [3.63, 3.8) is 0 Å². The van der Waals surface area contributed by atoms with Crippen LogP contribution in [0.15, 0.2) is 37.1 Å². The normalized spacial score (nSPS) is 11.3. The molecule has 0 spiro atoms. The molecule has 0 atom stereocenters. The van der Waals surface area contributed by atoms with Crippen LogP contribution in [0.5, 0.6) is 5.75 Å². The number of anilines is 2. The summed E-state index contributed by atoms with van der Waals surface area (Å²) in [4.78, 5) is 23.4. The van der Waals surface area contributed by atoms with E-state index < -0.39 is 6.16 Å². The lowest BCUT2D eigenvalue weighted by Gasteiger charge is -2.11. The number of carbonyl (C=O) groups is 1. The number of methoxy groups -OCH3 is 1. The molecule has 0 saturated carbocycles. The maximum absolute atomic E-state index is 11.6. The molecule has 0 amide bonds. The van der Waals surface area contributed by atoms with Crippen LogP contribution in [-0.4, -0.2) is 37.8 Å². The van der Waals surface area contributed by atoms with Gasteiger partial charge in [0.25, 0.3) is 0 Å².